The largest absolute Gasteiger partial charge is 0.478 e. The lowest BCUT2D eigenvalue weighted by Crippen LogP contribution is -2.33. The van der Waals surface area contributed by atoms with E-state index in [1.165, 1.54) is 18.4 Å². The number of piperidine rings is 1. The van der Waals surface area contributed by atoms with Crippen molar-refractivity contribution in [2.24, 2.45) is 0 Å². The molecule has 1 aliphatic rings. The van der Waals surface area contributed by atoms with Gasteiger partial charge < -0.3 is 5.11 Å². The van der Waals surface area contributed by atoms with Crippen molar-refractivity contribution in [3.8, 4) is 11.1 Å². The average molecular weight is 387 g/mol. The molecule has 1 saturated heterocycles. The van der Waals surface area contributed by atoms with Crippen LogP contribution in [0.3, 0.4) is 0 Å². The highest BCUT2D eigenvalue weighted by molar-refractivity contribution is 5.95. The van der Waals surface area contributed by atoms with Crippen molar-refractivity contribution in [2.45, 2.75) is 38.8 Å². The lowest BCUT2D eigenvalue weighted by atomic mass is 9.95. The van der Waals surface area contributed by atoms with Gasteiger partial charge >= 0.3 is 5.97 Å². The second-order valence-corrected chi connectivity index (χ2v) is 7.62. The van der Waals surface area contributed by atoms with Crippen molar-refractivity contribution in [1.82, 2.24) is 14.9 Å². The fraction of sp³-hybridized carbons (Fsp3) is 0.292. The molecule has 29 heavy (non-hydrogen) atoms. The van der Waals surface area contributed by atoms with Crippen molar-refractivity contribution in [3.63, 3.8) is 0 Å². The van der Waals surface area contributed by atoms with Gasteiger partial charge in [-0.05, 0) is 54.6 Å². The van der Waals surface area contributed by atoms with Gasteiger partial charge in [0.15, 0.2) is 0 Å². The van der Waals surface area contributed by atoms with Gasteiger partial charge in [0.1, 0.15) is 6.33 Å². The number of carboxylic acid groups (broad SMARTS) is 1. The molecular weight excluding hydrogens is 362 g/mol. The van der Waals surface area contributed by atoms with E-state index in [9.17, 15) is 9.90 Å². The summed E-state index contributed by atoms with van der Waals surface area (Å²) in [4.78, 5) is 22.7. The Hall–Kier alpha value is -3.05. The Morgan fingerprint density at radius 3 is 2.69 bits per heavy atom. The van der Waals surface area contributed by atoms with E-state index in [2.05, 4.69) is 33.9 Å². The quantitative estimate of drug-likeness (QED) is 0.676. The normalized spacial score (nSPS) is 17.2. The molecule has 5 nitrogen and oxygen atoms in total. The van der Waals surface area contributed by atoms with E-state index < -0.39 is 5.97 Å². The highest BCUT2D eigenvalue weighted by Crippen LogP contribution is 2.33. The van der Waals surface area contributed by atoms with Gasteiger partial charge in [0.05, 0.1) is 17.3 Å². The summed E-state index contributed by atoms with van der Waals surface area (Å²) in [5.41, 5.74) is 5.50. The summed E-state index contributed by atoms with van der Waals surface area (Å²) in [5, 5.41) is 9.44. The zero-order valence-electron chi connectivity index (χ0n) is 16.6. The maximum absolute atomic E-state index is 11.5. The zero-order chi connectivity index (χ0) is 20.2. The summed E-state index contributed by atoms with van der Waals surface area (Å²) in [6.07, 6.45) is 7.07. The Kier molecular flexibility index (Phi) is 5.67. The smallest absolute Gasteiger partial charge is 0.336 e. The third kappa shape index (κ3) is 4.20. The number of aromatic nitrogens is 2. The molecule has 1 atom stereocenters. The summed E-state index contributed by atoms with van der Waals surface area (Å²) < 4.78 is 0. The van der Waals surface area contributed by atoms with E-state index in [1.807, 2.05) is 30.5 Å². The van der Waals surface area contributed by atoms with Crippen molar-refractivity contribution >= 4 is 5.97 Å². The maximum atomic E-state index is 11.5. The number of rotatable bonds is 5. The van der Waals surface area contributed by atoms with Gasteiger partial charge in [-0.1, -0.05) is 48.9 Å². The van der Waals surface area contributed by atoms with Gasteiger partial charge in [-0.3, -0.25) is 4.90 Å². The molecule has 1 N–H and O–H groups in total. The minimum Gasteiger partial charge on any atom is -0.478 e. The zero-order valence-corrected chi connectivity index (χ0v) is 16.6. The topological polar surface area (TPSA) is 66.3 Å². The van der Waals surface area contributed by atoms with Crippen molar-refractivity contribution in [1.29, 1.82) is 0 Å². The minimum atomic E-state index is -0.902. The van der Waals surface area contributed by atoms with Gasteiger partial charge in [-0.2, -0.15) is 0 Å². The second kappa shape index (κ2) is 8.53. The standard InChI is InChI=1S/C24H25N3O2/c1-17-14-25-16-26-23(17)22-8-4-5-13-27(22)15-18-9-11-19(12-10-18)20-6-2-3-7-21(20)24(28)29/h2-3,6-7,9-12,14,16,22H,4-5,8,13,15H2,1H3,(H,28,29)/t22-/m1/s1. The average Bonchev–Trinajstić information content (AvgIpc) is 2.75. The van der Waals surface area contributed by atoms with Crippen LogP contribution in [-0.4, -0.2) is 32.5 Å². The van der Waals surface area contributed by atoms with Gasteiger partial charge in [0, 0.05) is 12.7 Å². The molecule has 1 fully saturated rings. The maximum Gasteiger partial charge on any atom is 0.336 e. The third-order valence-corrected chi connectivity index (χ3v) is 5.67. The number of benzene rings is 2. The summed E-state index contributed by atoms with van der Waals surface area (Å²) in [5.74, 6) is -0.902. The Bertz CT molecular complexity index is 1000. The van der Waals surface area contributed by atoms with Crippen LogP contribution in [0.15, 0.2) is 61.1 Å². The molecule has 2 aromatic carbocycles. The van der Waals surface area contributed by atoms with Crippen LogP contribution < -0.4 is 0 Å². The molecule has 0 radical (unpaired) electrons. The Balaban J connectivity index is 1.55. The number of hydrogen-bond donors (Lipinski definition) is 1. The van der Waals surface area contributed by atoms with Crippen molar-refractivity contribution in [2.75, 3.05) is 6.54 Å². The van der Waals surface area contributed by atoms with Crippen molar-refractivity contribution in [3.05, 3.63) is 83.4 Å². The molecule has 0 aliphatic carbocycles. The molecule has 2 heterocycles. The SMILES string of the molecule is Cc1cncnc1[C@H]1CCCCN1Cc1ccc(-c2ccccc2C(=O)O)cc1. The van der Waals surface area contributed by atoms with E-state index in [1.54, 1.807) is 18.5 Å². The molecule has 148 valence electrons. The van der Waals surface area contributed by atoms with Gasteiger partial charge in [-0.15, -0.1) is 0 Å². The fourth-order valence-corrected chi connectivity index (χ4v) is 4.19. The Labute approximate surface area is 171 Å². The number of likely N-dealkylation sites (tertiary alicyclic amines) is 1. The molecule has 0 saturated carbocycles. The fourth-order valence-electron chi connectivity index (χ4n) is 4.19. The minimum absolute atomic E-state index is 0.319. The Morgan fingerprint density at radius 1 is 1.14 bits per heavy atom. The number of carboxylic acids is 1. The van der Waals surface area contributed by atoms with Crippen LogP contribution in [0.5, 0.6) is 0 Å². The lowest BCUT2D eigenvalue weighted by molar-refractivity contribution is 0.0697. The highest BCUT2D eigenvalue weighted by Gasteiger charge is 2.26. The first-order valence-electron chi connectivity index (χ1n) is 10.1. The predicted molar refractivity (Wildman–Crippen MR) is 113 cm³/mol. The van der Waals surface area contributed by atoms with Gasteiger partial charge in [0.2, 0.25) is 0 Å². The number of carbonyl (C=O) groups is 1. The molecule has 0 bridgehead atoms. The van der Waals surface area contributed by atoms with E-state index in [4.69, 9.17) is 0 Å². The summed E-state index contributed by atoms with van der Waals surface area (Å²) in [6.45, 7) is 3.99. The Morgan fingerprint density at radius 2 is 1.93 bits per heavy atom. The van der Waals surface area contributed by atoms with E-state index in [0.717, 1.165) is 41.9 Å². The van der Waals surface area contributed by atoms with Crippen LogP contribution in [-0.2, 0) is 6.54 Å². The van der Waals surface area contributed by atoms with Crippen LogP contribution in [0, 0.1) is 6.92 Å². The van der Waals surface area contributed by atoms with Crippen LogP contribution in [0.25, 0.3) is 11.1 Å². The van der Waals surface area contributed by atoms with Crippen LogP contribution in [0.2, 0.25) is 0 Å². The van der Waals surface area contributed by atoms with E-state index >= 15 is 0 Å². The molecular formula is C24H25N3O2. The van der Waals surface area contributed by atoms with Crippen LogP contribution in [0.1, 0.15) is 52.5 Å². The number of aryl methyl sites for hydroxylation is 1. The van der Waals surface area contributed by atoms with Crippen LogP contribution >= 0.6 is 0 Å². The molecule has 4 rings (SSSR count). The first kappa shape index (κ1) is 19.3. The molecule has 0 unspecified atom stereocenters. The highest BCUT2D eigenvalue weighted by atomic mass is 16.4. The summed E-state index contributed by atoms with van der Waals surface area (Å²) in [6, 6.07) is 15.7. The monoisotopic (exact) mass is 387 g/mol. The molecule has 0 amide bonds. The number of hydrogen-bond acceptors (Lipinski definition) is 4. The number of nitrogens with zero attached hydrogens (tertiary/aromatic N) is 3. The van der Waals surface area contributed by atoms with E-state index in [0.29, 0.717) is 11.6 Å². The van der Waals surface area contributed by atoms with Crippen LogP contribution in [0.4, 0.5) is 0 Å². The van der Waals surface area contributed by atoms with Gasteiger partial charge in [0.25, 0.3) is 0 Å². The molecule has 0 spiro atoms. The molecule has 3 aromatic rings. The molecule has 5 heteroatoms. The van der Waals surface area contributed by atoms with Crippen molar-refractivity contribution < 1.29 is 9.90 Å². The van der Waals surface area contributed by atoms with E-state index in [-0.39, 0.29) is 0 Å². The molecule has 1 aliphatic heterocycles. The summed E-state index contributed by atoms with van der Waals surface area (Å²) >= 11 is 0. The summed E-state index contributed by atoms with van der Waals surface area (Å²) in [7, 11) is 0. The first-order chi connectivity index (χ1) is 14.1. The third-order valence-electron chi connectivity index (χ3n) is 5.67. The second-order valence-electron chi connectivity index (χ2n) is 7.62. The molecule has 1 aromatic heterocycles. The number of aromatic carboxylic acids is 1. The lowest BCUT2D eigenvalue weighted by Gasteiger charge is -2.36. The first-order valence-corrected chi connectivity index (χ1v) is 10.1. The predicted octanol–water partition coefficient (Wildman–Crippen LogP) is 4.88. The van der Waals surface area contributed by atoms with Gasteiger partial charge in [-0.25, -0.2) is 14.8 Å².